The standard InChI is InChI=1S/C17H17NO2/c1-10-5-3-4-6-13(10)18-15(19)14-11-7-8-12(9-11)17(14,2)16(18)20/h3-8,11-12,14H,9H2,1-2H3/t11-,12-,14-,17+/m1/s1. The predicted octanol–water partition coefficient (Wildman–Crippen LogP) is 2.70. The molecule has 0 aromatic heterocycles. The van der Waals surface area contributed by atoms with Crippen molar-refractivity contribution in [1.29, 1.82) is 0 Å². The molecule has 102 valence electrons. The van der Waals surface area contributed by atoms with Crippen LogP contribution < -0.4 is 4.90 Å². The second-order valence-corrected chi connectivity index (χ2v) is 6.42. The third kappa shape index (κ3) is 1.17. The van der Waals surface area contributed by atoms with Crippen LogP contribution in [0.2, 0.25) is 0 Å². The Morgan fingerprint density at radius 2 is 1.95 bits per heavy atom. The minimum atomic E-state index is -0.529. The van der Waals surface area contributed by atoms with Crippen molar-refractivity contribution in [2.75, 3.05) is 4.90 Å². The zero-order chi connectivity index (χ0) is 14.1. The number of para-hydroxylation sites is 1. The number of rotatable bonds is 1. The Labute approximate surface area is 118 Å². The Bertz CT molecular complexity index is 663. The molecule has 4 rings (SSSR count). The molecule has 3 aliphatic rings. The van der Waals surface area contributed by atoms with Crippen molar-refractivity contribution in [3.05, 3.63) is 42.0 Å². The summed E-state index contributed by atoms with van der Waals surface area (Å²) < 4.78 is 0. The fourth-order valence-corrected chi connectivity index (χ4v) is 4.35. The number of anilines is 1. The summed E-state index contributed by atoms with van der Waals surface area (Å²) in [7, 11) is 0. The van der Waals surface area contributed by atoms with Gasteiger partial charge in [-0.15, -0.1) is 0 Å². The van der Waals surface area contributed by atoms with E-state index < -0.39 is 5.41 Å². The zero-order valence-corrected chi connectivity index (χ0v) is 11.7. The number of carbonyl (C=O) groups excluding carboxylic acids is 2. The highest BCUT2D eigenvalue weighted by atomic mass is 16.2. The summed E-state index contributed by atoms with van der Waals surface area (Å²) in [6, 6.07) is 7.62. The lowest BCUT2D eigenvalue weighted by Gasteiger charge is -2.28. The minimum absolute atomic E-state index is 0.0105. The van der Waals surface area contributed by atoms with Crippen molar-refractivity contribution in [3.8, 4) is 0 Å². The van der Waals surface area contributed by atoms with Crippen molar-refractivity contribution in [2.24, 2.45) is 23.2 Å². The number of amides is 2. The third-order valence-electron chi connectivity index (χ3n) is 5.47. The molecule has 20 heavy (non-hydrogen) atoms. The van der Waals surface area contributed by atoms with Crippen molar-refractivity contribution in [1.82, 2.24) is 0 Å². The molecular formula is C17H17NO2. The van der Waals surface area contributed by atoms with Crippen LogP contribution in [0.4, 0.5) is 5.69 Å². The maximum atomic E-state index is 12.9. The molecular weight excluding hydrogens is 250 g/mol. The quantitative estimate of drug-likeness (QED) is 0.579. The molecule has 0 N–H and O–H groups in total. The van der Waals surface area contributed by atoms with Gasteiger partial charge < -0.3 is 0 Å². The SMILES string of the molecule is Cc1ccccc1N1C(=O)[C@H]2[C@@H]3C=C[C@H](C3)[C@]2(C)C1=O. The molecule has 1 aromatic rings. The fraction of sp³-hybridized carbons (Fsp3) is 0.412. The Morgan fingerprint density at radius 3 is 2.65 bits per heavy atom. The van der Waals surface area contributed by atoms with E-state index in [9.17, 15) is 9.59 Å². The number of aryl methyl sites for hydroxylation is 1. The maximum absolute atomic E-state index is 12.9. The van der Waals surface area contributed by atoms with E-state index in [1.165, 1.54) is 4.90 Å². The number of benzene rings is 1. The fourth-order valence-electron chi connectivity index (χ4n) is 4.35. The highest BCUT2D eigenvalue weighted by Gasteiger charge is 2.67. The van der Waals surface area contributed by atoms with Crippen LogP contribution in [0.1, 0.15) is 18.9 Å². The van der Waals surface area contributed by atoms with Gasteiger partial charge in [0.25, 0.3) is 0 Å². The molecule has 4 atom stereocenters. The first-order valence-corrected chi connectivity index (χ1v) is 7.17. The van der Waals surface area contributed by atoms with E-state index in [2.05, 4.69) is 12.2 Å². The zero-order valence-electron chi connectivity index (χ0n) is 11.7. The summed E-state index contributed by atoms with van der Waals surface area (Å²) in [5, 5.41) is 0. The molecule has 3 heteroatoms. The van der Waals surface area contributed by atoms with Crippen LogP contribution in [-0.2, 0) is 9.59 Å². The maximum Gasteiger partial charge on any atom is 0.241 e. The molecule has 0 radical (unpaired) electrons. The van der Waals surface area contributed by atoms with E-state index in [0.29, 0.717) is 0 Å². The van der Waals surface area contributed by atoms with Gasteiger partial charge in [0.15, 0.2) is 0 Å². The number of allylic oxidation sites excluding steroid dienone is 2. The Hall–Kier alpha value is -1.90. The number of carbonyl (C=O) groups is 2. The lowest BCUT2D eigenvalue weighted by atomic mass is 9.71. The van der Waals surface area contributed by atoms with E-state index in [4.69, 9.17) is 0 Å². The number of hydrogen-bond acceptors (Lipinski definition) is 2. The molecule has 0 unspecified atom stereocenters. The van der Waals surface area contributed by atoms with Gasteiger partial charge in [-0.05, 0) is 43.7 Å². The second kappa shape index (κ2) is 3.60. The van der Waals surface area contributed by atoms with Gasteiger partial charge in [-0.25, -0.2) is 4.90 Å². The number of nitrogens with zero attached hydrogens (tertiary/aromatic N) is 1. The summed E-state index contributed by atoms with van der Waals surface area (Å²) in [4.78, 5) is 27.2. The molecule has 2 fully saturated rings. The largest absolute Gasteiger partial charge is 0.274 e. The molecule has 1 saturated carbocycles. The third-order valence-corrected chi connectivity index (χ3v) is 5.47. The molecule has 3 nitrogen and oxygen atoms in total. The molecule has 1 saturated heterocycles. The predicted molar refractivity (Wildman–Crippen MR) is 76.0 cm³/mol. The van der Waals surface area contributed by atoms with E-state index in [0.717, 1.165) is 17.7 Å². The lowest BCUT2D eigenvalue weighted by Crippen LogP contribution is -2.37. The second-order valence-electron chi connectivity index (χ2n) is 6.42. The van der Waals surface area contributed by atoms with E-state index in [1.807, 2.05) is 38.1 Å². The summed E-state index contributed by atoms with van der Waals surface area (Å²) in [5.74, 6) is 0.283. The van der Waals surface area contributed by atoms with Crippen LogP contribution >= 0.6 is 0 Å². The van der Waals surface area contributed by atoms with Gasteiger partial charge in [0.1, 0.15) is 0 Å². The normalized spacial score (nSPS) is 37.9. The van der Waals surface area contributed by atoms with Gasteiger partial charge in [0, 0.05) is 0 Å². The molecule has 1 heterocycles. The van der Waals surface area contributed by atoms with Crippen molar-refractivity contribution in [3.63, 3.8) is 0 Å². The molecule has 0 spiro atoms. The van der Waals surface area contributed by atoms with Crippen molar-refractivity contribution < 1.29 is 9.59 Å². The van der Waals surface area contributed by atoms with Gasteiger partial charge in [0.2, 0.25) is 11.8 Å². The molecule has 1 aromatic carbocycles. The Morgan fingerprint density at radius 1 is 1.20 bits per heavy atom. The minimum Gasteiger partial charge on any atom is -0.274 e. The summed E-state index contributed by atoms with van der Waals surface area (Å²) in [5.41, 5.74) is 1.19. The first-order valence-electron chi connectivity index (χ1n) is 7.17. The number of fused-ring (bicyclic) bond motifs is 5. The average molecular weight is 267 g/mol. The van der Waals surface area contributed by atoms with E-state index in [1.54, 1.807) is 0 Å². The molecule has 2 aliphatic carbocycles. The molecule has 2 bridgehead atoms. The van der Waals surface area contributed by atoms with Crippen LogP contribution in [0.25, 0.3) is 0 Å². The van der Waals surface area contributed by atoms with Gasteiger partial charge >= 0.3 is 0 Å². The molecule has 2 amide bonds. The summed E-state index contributed by atoms with van der Waals surface area (Å²) in [6.07, 6.45) is 5.22. The Kier molecular flexibility index (Phi) is 2.14. The first kappa shape index (κ1) is 11.9. The number of imide groups is 1. The summed E-state index contributed by atoms with van der Waals surface area (Å²) >= 11 is 0. The first-order chi connectivity index (χ1) is 9.55. The number of hydrogen-bond donors (Lipinski definition) is 0. The van der Waals surface area contributed by atoms with Gasteiger partial charge in [0.05, 0.1) is 17.0 Å². The van der Waals surface area contributed by atoms with Crippen LogP contribution in [0.5, 0.6) is 0 Å². The van der Waals surface area contributed by atoms with Gasteiger partial charge in [-0.1, -0.05) is 30.4 Å². The van der Waals surface area contributed by atoms with E-state index >= 15 is 0 Å². The van der Waals surface area contributed by atoms with Gasteiger partial charge in [-0.2, -0.15) is 0 Å². The monoisotopic (exact) mass is 267 g/mol. The van der Waals surface area contributed by atoms with Crippen molar-refractivity contribution in [2.45, 2.75) is 20.3 Å². The lowest BCUT2D eigenvalue weighted by molar-refractivity contribution is -0.127. The van der Waals surface area contributed by atoms with Crippen LogP contribution in [-0.4, -0.2) is 11.8 Å². The summed E-state index contributed by atoms with van der Waals surface area (Å²) in [6.45, 7) is 3.92. The molecule has 1 aliphatic heterocycles. The highest BCUT2D eigenvalue weighted by Crippen LogP contribution is 2.60. The van der Waals surface area contributed by atoms with Crippen LogP contribution in [0.3, 0.4) is 0 Å². The van der Waals surface area contributed by atoms with Crippen LogP contribution in [0.15, 0.2) is 36.4 Å². The van der Waals surface area contributed by atoms with Crippen LogP contribution in [0, 0.1) is 30.1 Å². The van der Waals surface area contributed by atoms with E-state index in [-0.39, 0.29) is 29.6 Å². The highest BCUT2D eigenvalue weighted by molar-refractivity contribution is 6.24. The van der Waals surface area contributed by atoms with Gasteiger partial charge in [-0.3, -0.25) is 9.59 Å². The smallest absolute Gasteiger partial charge is 0.241 e. The average Bonchev–Trinajstić information content (AvgIpc) is 3.05. The topological polar surface area (TPSA) is 37.4 Å². The Balaban J connectivity index is 1.85. The van der Waals surface area contributed by atoms with Crippen molar-refractivity contribution >= 4 is 17.5 Å².